The Balaban J connectivity index is 1.07. The smallest absolute Gasteiger partial charge is 0.0540 e. The average Bonchev–Trinajstić information content (AvgIpc) is 3.24. The van der Waals surface area contributed by atoms with E-state index in [1.165, 1.54) is 65.3 Å². The van der Waals surface area contributed by atoms with Gasteiger partial charge in [0.25, 0.3) is 0 Å². The van der Waals surface area contributed by atoms with Gasteiger partial charge in [0.1, 0.15) is 0 Å². The second-order valence-corrected chi connectivity index (χ2v) is 14.8. The molecule has 0 unspecified atom stereocenters. The molecule has 2 heteroatoms. The van der Waals surface area contributed by atoms with E-state index in [2.05, 4.69) is 230 Å². The molecule has 0 spiro atoms. The van der Waals surface area contributed by atoms with Gasteiger partial charge < -0.3 is 9.80 Å². The molecule has 56 heavy (non-hydrogen) atoms. The Morgan fingerprint density at radius 2 is 0.589 bits per heavy atom. The quantitative estimate of drug-likeness (QED) is 0.162. The molecule has 0 aliphatic rings. The molecule has 0 bridgehead atoms. The van der Waals surface area contributed by atoms with Gasteiger partial charge in [-0.25, -0.2) is 0 Å². The maximum absolute atomic E-state index is 2.42. The van der Waals surface area contributed by atoms with Gasteiger partial charge in [-0.3, -0.25) is 0 Å². The SMILES string of the molecule is Cc1ccc2c(N(c3ccc(-c4ccc(N(c5cccc6ccccc56)c5cccc6cc(C)ccc56)cc4)cc3)c3cccc4ccccc34)cccc2c1. The zero-order valence-corrected chi connectivity index (χ0v) is 31.5. The molecule has 0 N–H and O–H groups in total. The predicted octanol–water partition coefficient (Wildman–Crippen LogP) is 15.5. The number of anilines is 6. The van der Waals surface area contributed by atoms with Crippen LogP contribution in [-0.4, -0.2) is 0 Å². The zero-order chi connectivity index (χ0) is 37.6. The normalized spacial score (nSPS) is 11.4. The van der Waals surface area contributed by atoms with Crippen molar-refractivity contribution in [3.05, 3.63) is 217 Å². The lowest BCUT2D eigenvalue weighted by Crippen LogP contribution is -2.11. The summed E-state index contributed by atoms with van der Waals surface area (Å²) in [5.41, 5.74) is 11.7. The van der Waals surface area contributed by atoms with Crippen LogP contribution in [-0.2, 0) is 0 Å². The van der Waals surface area contributed by atoms with Crippen molar-refractivity contribution in [2.75, 3.05) is 9.80 Å². The van der Waals surface area contributed by atoms with Gasteiger partial charge in [-0.2, -0.15) is 0 Å². The van der Waals surface area contributed by atoms with Crippen LogP contribution in [0.1, 0.15) is 11.1 Å². The Hall–Kier alpha value is -7.16. The van der Waals surface area contributed by atoms with Crippen LogP contribution in [0.5, 0.6) is 0 Å². The third-order valence-electron chi connectivity index (χ3n) is 11.1. The van der Waals surface area contributed by atoms with Crippen molar-refractivity contribution in [1.82, 2.24) is 0 Å². The van der Waals surface area contributed by atoms with Crippen LogP contribution >= 0.6 is 0 Å². The van der Waals surface area contributed by atoms with E-state index in [4.69, 9.17) is 0 Å². The van der Waals surface area contributed by atoms with E-state index in [9.17, 15) is 0 Å². The maximum Gasteiger partial charge on any atom is 0.0540 e. The Kier molecular flexibility index (Phi) is 8.30. The van der Waals surface area contributed by atoms with Crippen LogP contribution in [0.15, 0.2) is 206 Å². The number of aryl methyl sites for hydroxylation is 2. The molecule has 0 amide bonds. The number of nitrogens with zero attached hydrogens (tertiary/aromatic N) is 2. The fourth-order valence-electron chi connectivity index (χ4n) is 8.39. The first-order valence-electron chi connectivity index (χ1n) is 19.3. The number of fused-ring (bicyclic) bond motifs is 4. The molecule has 0 atom stereocenters. The third-order valence-corrected chi connectivity index (χ3v) is 11.1. The first kappa shape index (κ1) is 33.4. The van der Waals surface area contributed by atoms with Crippen LogP contribution in [0.3, 0.4) is 0 Å². The Bertz CT molecular complexity index is 2830. The fourth-order valence-corrected chi connectivity index (χ4v) is 8.39. The minimum absolute atomic E-state index is 1.11. The van der Waals surface area contributed by atoms with Crippen LogP contribution < -0.4 is 9.80 Å². The van der Waals surface area contributed by atoms with Crippen LogP contribution in [0.2, 0.25) is 0 Å². The van der Waals surface area contributed by atoms with Crippen molar-refractivity contribution in [3.8, 4) is 11.1 Å². The lowest BCUT2D eigenvalue weighted by molar-refractivity contribution is 1.31. The van der Waals surface area contributed by atoms with E-state index in [1.54, 1.807) is 0 Å². The van der Waals surface area contributed by atoms with E-state index in [0.717, 1.165) is 34.1 Å². The molecular weight excluding hydrogens is 677 g/mol. The summed E-state index contributed by atoms with van der Waals surface area (Å²) in [6.07, 6.45) is 0. The zero-order valence-electron chi connectivity index (χ0n) is 31.5. The topological polar surface area (TPSA) is 6.48 Å². The van der Waals surface area contributed by atoms with Crippen molar-refractivity contribution >= 4 is 77.2 Å². The van der Waals surface area contributed by atoms with Crippen LogP contribution in [0.25, 0.3) is 54.2 Å². The number of rotatable bonds is 7. The fraction of sp³-hybridized carbons (Fsp3) is 0.0370. The highest BCUT2D eigenvalue weighted by molar-refractivity contribution is 6.06. The molecule has 10 rings (SSSR count). The molecule has 266 valence electrons. The Morgan fingerprint density at radius 3 is 0.982 bits per heavy atom. The summed E-state index contributed by atoms with van der Waals surface area (Å²) in [7, 11) is 0. The van der Waals surface area contributed by atoms with Crippen molar-refractivity contribution in [1.29, 1.82) is 0 Å². The van der Waals surface area contributed by atoms with E-state index in [-0.39, 0.29) is 0 Å². The highest BCUT2D eigenvalue weighted by Gasteiger charge is 2.20. The van der Waals surface area contributed by atoms with Crippen LogP contribution in [0.4, 0.5) is 34.1 Å². The summed E-state index contributed by atoms with van der Waals surface area (Å²) in [5, 5.41) is 9.80. The lowest BCUT2D eigenvalue weighted by atomic mass is 10.0. The van der Waals surface area contributed by atoms with Gasteiger partial charge in [0.05, 0.1) is 22.7 Å². The van der Waals surface area contributed by atoms with Gasteiger partial charge in [0, 0.05) is 32.9 Å². The molecule has 0 aromatic heterocycles. The minimum Gasteiger partial charge on any atom is -0.309 e. The molecule has 0 radical (unpaired) electrons. The molecule has 10 aromatic carbocycles. The van der Waals surface area contributed by atoms with Crippen LogP contribution in [0, 0.1) is 13.8 Å². The van der Waals surface area contributed by atoms with E-state index in [0.29, 0.717) is 0 Å². The molecule has 0 fully saturated rings. The summed E-state index contributed by atoms with van der Waals surface area (Å²) < 4.78 is 0. The number of benzene rings is 10. The highest BCUT2D eigenvalue weighted by Crippen LogP contribution is 2.44. The number of hydrogen-bond donors (Lipinski definition) is 0. The lowest BCUT2D eigenvalue weighted by Gasteiger charge is -2.29. The first-order valence-corrected chi connectivity index (χ1v) is 19.3. The molecule has 10 aromatic rings. The minimum atomic E-state index is 1.11. The molecule has 0 aliphatic carbocycles. The monoisotopic (exact) mass is 716 g/mol. The molecule has 0 aliphatic heterocycles. The van der Waals surface area contributed by atoms with Crippen molar-refractivity contribution in [2.45, 2.75) is 13.8 Å². The first-order chi connectivity index (χ1) is 27.6. The van der Waals surface area contributed by atoms with Gasteiger partial charge in [0.2, 0.25) is 0 Å². The van der Waals surface area contributed by atoms with Crippen molar-refractivity contribution in [2.24, 2.45) is 0 Å². The van der Waals surface area contributed by atoms with E-state index < -0.39 is 0 Å². The molecule has 0 heterocycles. The molecule has 2 nitrogen and oxygen atoms in total. The highest BCUT2D eigenvalue weighted by atomic mass is 15.2. The largest absolute Gasteiger partial charge is 0.309 e. The van der Waals surface area contributed by atoms with Gasteiger partial charge in [0.15, 0.2) is 0 Å². The Labute approximate surface area is 328 Å². The molecular formula is C54H40N2. The van der Waals surface area contributed by atoms with Crippen molar-refractivity contribution < 1.29 is 0 Å². The third kappa shape index (κ3) is 5.93. The van der Waals surface area contributed by atoms with E-state index >= 15 is 0 Å². The Morgan fingerprint density at radius 1 is 0.268 bits per heavy atom. The summed E-state index contributed by atoms with van der Waals surface area (Å²) in [6.45, 7) is 4.32. The summed E-state index contributed by atoms with van der Waals surface area (Å²) in [5.74, 6) is 0. The van der Waals surface area contributed by atoms with Gasteiger partial charge >= 0.3 is 0 Å². The summed E-state index contributed by atoms with van der Waals surface area (Å²) >= 11 is 0. The van der Waals surface area contributed by atoms with Gasteiger partial charge in [-0.1, -0.05) is 169 Å². The van der Waals surface area contributed by atoms with Gasteiger partial charge in [-0.15, -0.1) is 0 Å². The predicted molar refractivity (Wildman–Crippen MR) is 241 cm³/mol. The summed E-state index contributed by atoms with van der Waals surface area (Å²) in [4.78, 5) is 4.83. The standard InChI is InChI=1S/C54H40N2/c1-37-23-33-49-43(35-37)15-9-21-53(49)55(51-19-7-13-41-11-3-5-17-47(41)51)45-29-25-39(26-30-45)40-27-31-46(32-28-40)56(52-20-8-14-42-12-4-6-18-48(42)52)54-22-10-16-44-36-38(2)24-34-50(44)54/h3-36H,1-2H3. The maximum atomic E-state index is 2.42. The van der Waals surface area contributed by atoms with E-state index in [1.807, 2.05) is 0 Å². The van der Waals surface area contributed by atoms with Crippen molar-refractivity contribution in [3.63, 3.8) is 0 Å². The number of hydrogen-bond acceptors (Lipinski definition) is 2. The molecule has 0 saturated heterocycles. The van der Waals surface area contributed by atoms with Gasteiger partial charge in [-0.05, 0) is 95.1 Å². The average molecular weight is 717 g/mol. The summed E-state index contributed by atoms with van der Waals surface area (Å²) in [6, 6.07) is 75.3. The second-order valence-electron chi connectivity index (χ2n) is 14.8. The molecule has 0 saturated carbocycles. The second kappa shape index (κ2) is 13.9.